The molecule has 2 aromatic carbocycles. The molecule has 0 radical (unpaired) electrons. The van der Waals surface area contributed by atoms with Crippen molar-refractivity contribution in [2.24, 2.45) is 7.05 Å². The zero-order valence-electron chi connectivity index (χ0n) is 13.5. The Balaban J connectivity index is 1.97. The molecule has 0 saturated heterocycles. The Hall–Kier alpha value is -2.55. The van der Waals surface area contributed by atoms with E-state index in [0.717, 1.165) is 11.1 Å². The van der Waals surface area contributed by atoms with Crippen LogP contribution in [0.4, 0.5) is 4.39 Å². The summed E-state index contributed by atoms with van der Waals surface area (Å²) >= 11 is 0. The normalized spacial score (nSPS) is 15.5. The minimum Gasteiger partial charge on any atom is -0.380 e. The van der Waals surface area contributed by atoms with E-state index in [1.165, 1.54) is 34.3 Å². The van der Waals surface area contributed by atoms with E-state index in [9.17, 15) is 4.39 Å². The number of nitrogens with zero attached hydrogens (tertiary/aromatic N) is 1. The third-order valence-corrected chi connectivity index (χ3v) is 4.70. The first-order chi connectivity index (χ1) is 11.0. The minimum absolute atomic E-state index is 0.103. The largest absolute Gasteiger partial charge is 0.380 e. The lowest BCUT2D eigenvalue weighted by molar-refractivity contribution is 0.434. The van der Waals surface area contributed by atoms with Crippen molar-refractivity contribution >= 4 is 17.0 Å². The van der Waals surface area contributed by atoms with Crippen LogP contribution in [0.25, 0.3) is 28.1 Å². The van der Waals surface area contributed by atoms with E-state index in [0.29, 0.717) is 0 Å². The molecule has 1 aliphatic heterocycles. The lowest BCUT2D eigenvalue weighted by atomic mass is 9.92. The summed E-state index contributed by atoms with van der Waals surface area (Å²) in [6.45, 7) is 4.38. The first-order valence-corrected chi connectivity index (χ1v) is 7.80. The fourth-order valence-electron chi connectivity index (χ4n) is 3.62. The van der Waals surface area contributed by atoms with Crippen LogP contribution in [0.2, 0.25) is 0 Å². The Morgan fingerprint density at radius 3 is 2.43 bits per heavy atom. The second-order valence-electron chi connectivity index (χ2n) is 6.66. The molecule has 0 bridgehead atoms. The van der Waals surface area contributed by atoms with Crippen LogP contribution in [0.15, 0.2) is 48.7 Å². The number of hydrogen-bond acceptors (Lipinski definition) is 1. The summed E-state index contributed by atoms with van der Waals surface area (Å²) < 4.78 is 15.4. The third-order valence-electron chi connectivity index (χ3n) is 4.70. The molecule has 0 saturated carbocycles. The monoisotopic (exact) mass is 306 g/mol. The Labute approximate surface area is 135 Å². The highest BCUT2D eigenvalue weighted by Gasteiger charge is 2.29. The van der Waals surface area contributed by atoms with Gasteiger partial charge in [-0.15, -0.1) is 0 Å². The molecular formula is C20H19FN2. The lowest BCUT2D eigenvalue weighted by Gasteiger charge is -2.30. The van der Waals surface area contributed by atoms with Gasteiger partial charge in [-0.05, 0) is 61.5 Å². The molecule has 1 N–H and O–H groups in total. The molecule has 3 aromatic rings. The van der Waals surface area contributed by atoms with Crippen LogP contribution < -0.4 is 5.32 Å². The maximum atomic E-state index is 13.1. The molecule has 1 aromatic heterocycles. The van der Waals surface area contributed by atoms with Gasteiger partial charge in [0, 0.05) is 23.5 Å². The Bertz CT molecular complexity index is 930. The smallest absolute Gasteiger partial charge is 0.123 e. The number of aryl methyl sites for hydroxylation is 1. The van der Waals surface area contributed by atoms with Gasteiger partial charge in [-0.3, -0.25) is 0 Å². The Morgan fingerprint density at radius 1 is 1.00 bits per heavy atom. The highest BCUT2D eigenvalue weighted by atomic mass is 19.1. The van der Waals surface area contributed by atoms with Gasteiger partial charge in [0.05, 0.1) is 11.2 Å². The van der Waals surface area contributed by atoms with Gasteiger partial charge in [0.25, 0.3) is 0 Å². The summed E-state index contributed by atoms with van der Waals surface area (Å²) in [5.74, 6) is -0.206. The summed E-state index contributed by atoms with van der Waals surface area (Å²) in [7, 11) is 2.11. The molecule has 2 nitrogen and oxygen atoms in total. The fraction of sp³-hybridized carbons (Fsp3) is 0.200. The van der Waals surface area contributed by atoms with Crippen LogP contribution in [0.5, 0.6) is 0 Å². The third kappa shape index (κ3) is 2.07. The molecule has 3 heteroatoms. The molecule has 23 heavy (non-hydrogen) atoms. The predicted molar refractivity (Wildman–Crippen MR) is 93.5 cm³/mol. The van der Waals surface area contributed by atoms with Crippen LogP contribution >= 0.6 is 0 Å². The van der Waals surface area contributed by atoms with Gasteiger partial charge in [0.15, 0.2) is 0 Å². The lowest BCUT2D eigenvalue weighted by Crippen LogP contribution is -2.36. The zero-order chi connectivity index (χ0) is 16.2. The number of nitrogens with one attached hydrogen (secondary N) is 1. The summed E-state index contributed by atoms with van der Waals surface area (Å²) in [6, 6.07) is 13.1. The van der Waals surface area contributed by atoms with E-state index in [4.69, 9.17) is 0 Å². The predicted octanol–water partition coefficient (Wildman–Crippen LogP) is 4.79. The first kappa shape index (κ1) is 14.1. The summed E-state index contributed by atoms with van der Waals surface area (Å²) in [5.41, 5.74) is 5.79. The van der Waals surface area contributed by atoms with Gasteiger partial charge < -0.3 is 9.88 Å². The van der Waals surface area contributed by atoms with Gasteiger partial charge in [0.2, 0.25) is 0 Å². The Morgan fingerprint density at radius 2 is 1.70 bits per heavy atom. The van der Waals surface area contributed by atoms with Gasteiger partial charge in [-0.2, -0.15) is 0 Å². The minimum atomic E-state index is -0.206. The second-order valence-corrected chi connectivity index (χ2v) is 6.66. The highest BCUT2D eigenvalue weighted by molar-refractivity contribution is 5.95. The summed E-state index contributed by atoms with van der Waals surface area (Å²) in [5, 5.41) is 4.66. The van der Waals surface area contributed by atoms with Crippen LogP contribution in [-0.4, -0.2) is 4.57 Å². The van der Waals surface area contributed by atoms with Gasteiger partial charge >= 0.3 is 0 Å². The van der Waals surface area contributed by atoms with Crippen LogP contribution in [0.1, 0.15) is 25.1 Å². The zero-order valence-corrected chi connectivity index (χ0v) is 13.5. The van der Waals surface area contributed by atoms with Crippen LogP contribution in [-0.2, 0) is 12.6 Å². The molecule has 0 unspecified atom stereocenters. The average Bonchev–Trinajstić information content (AvgIpc) is 2.82. The fourth-order valence-corrected chi connectivity index (χ4v) is 3.62. The molecule has 0 amide bonds. The molecular weight excluding hydrogens is 287 g/mol. The molecule has 0 atom stereocenters. The van der Waals surface area contributed by atoms with E-state index in [-0.39, 0.29) is 11.4 Å². The summed E-state index contributed by atoms with van der Waals surface area (Å²) in [6.07, 6.45) is 4.16. The number of rotatable bonds is 1. The quantitative estimate of drug-likeness (QED) is 0.684. The number of benzene rings is 2. The van der Waals surface area contributed by atoms with Crippen LogP contribution in [0, 0.1) is 5.82 Å². The van der Waals surface area contributed by atoms with E-state index >= 15 is 0 Å². The maximum absolute atomic E-state index is 13.1. The summed E-state index contributed by atoms with van der Waals surface area (Å²) in [4.78, 5) is 0. The van der Waals surface area contributed by atoms with Crippen molar-refractivity contribution in [3.63, 3.8) is 0 Å². The Kier molecular flexibility index (Phi) is 2.89. The van der Waals surface area contributed by atoms with E-state index in [1.54, 1.807) is 0 Å². The van der Waals surface area contributed by atoms with Crippen molar-refractivity contribution in [2.75, 3.05) is 0 Å². The number of halogens is 1. The van der Waals surface area contributed by atoms with Crippen molar-refractivity contribution in [3.05, 3.63) is 65.7 Å². The van der Waals surface area contributed by atoms with Gasteiger partial charge in [-0.25, -0.2) is 4.39 Å². The first-order valence-electron chi connectivity index (χ1n) is 7.80. The number of aromatic nitrogens is 1. The molecule has 0 aliphatic carbocycles. The maximum Gasteiger partial charge on any atom is 0.123 e. The van der Waals surface area contributed by atoms with Gasteiger partial charge in [-0.1, -0.05) is 18.2 Å². The molecule has 0 fully saturated rings. The second kappa shape index (κ2) is 4.72. The van der Waals surface area contributed by atoms with Crippen molar-refractivity contribution in [3.8, 4) is 11.1 Å². The van der Waals surface area contributed by atoms with Crippen molar-refractivity contribution in [2.45, 2.75) is 19.4 Å². The molecule has 2 heterocycles. The molecule has 0 spiro atoms. The van der Waals surface area contributed by atoms with Crippen molar-refractivity contribution in [1.29, 1.82) is 0 Å². The van der Waals surface area contributed by atoms with Crippen molar-refractivity contribution in [1.82, 2.24) is 9.88 Å². The molecule has 1 aliphatic rings. The van der Waals surface area contributed by atoms with Crippen molar-refractivity contribution < 1.29 is 4.39 Å². The number of fused-ring (bicyclic) bond motifs is 3. The SMILES string of the molecule is Cn1c2c(c3cc(-c4ccc(F)cc4)ccc31)C=CNC2(C)C. The van der Waals surface area contributed by atoms with Gasteiger partial charge in [0.1, 0.15) is 5.82 Å². The molecule has 4 rings (SSSR count). The average molecular weight is 306 g/mol. The van der Waals surface area contributed by atoms with E-state index in [1.807, 2.05) is 18.3 Å². The highest BCUT2D eigenvalue weighted by Crippen LogP contribution is 2.37. The van der Waals surface area contributed by atoms with Crippen LogP contribution in [0.3, 0.4) is 0 Å². The topological polar surface area (TPSA) is 17.0 Å². The number of hydrogen-bond donors (Lipinski definition) is 1. The van der Waals surface area contributed by atoms with E-state index in [2.05, 4.69) is 55.1 Å². The standard InChI is InChI=1S/C20H19FN2/c1-20(2)19-16(10-11-22-20)17-12-14(6-9-18(17)23(19)3)13-4-7-15(21)8-5-13/h4-12,22H,1-3H3. The molecule has 116 valence electrons. The van der Waals surface area contributed by atoms with E-state index < -0.39 is 0 Å².